The van der Waals surface area contributed by atoms with Crippen LogP contribution in [0.15, 0.2) is 0 Å². The zero-order valence-corrected chi connectivity index (χ0v) is 8.95. The van der Waals surface area contributed by atoms with Crippen molar-refractivity contribution < 1.29 is 12.4 Å². The van der Waals surface area contributed by atoms with Crippen molar-refractivity contribution >= 4 is 23.1 Å². The molecule has 2 bridgehead atoms. The van der Waals surface area contributed by atoms with E-state index in [1.54, 1.807) is 0 Å². The first-order chi connectivity index (χ1) is 3.73. The SMILES string of the molecule is CC(C)C12C[C-](C1)C2.[Cl-].[Mg+2]. The van der Waals surface area contributed by atoms with Crippen molar-refractivity contribution in [1.29, 1.82) is 0 Å². The van der Waals surface area contributed by atoms with Crippen molar-refractivity contribution in [2.45, 2.75) is 33.1 Å². The summed E-state index contributed by atoms with van der Waals surface area (Å²) in [6.07, 6.45) is 4.43. The molecule has 54 valence electrons. The van der Waals surface area contributed by atoms with Gasteiger partial charge >= 0.3 is 23.1 Å². The third-order valence-corrected chi connectivity index (χ3v) is 3.03. The molecule has 0 spiro atoms. The molecule has 10 heavy (non-hydrogen) atoms. The Kier molecular flexibility index (Phi) is 3.54. The Morgan fingerprint density at radius 2 is 1.60 bits per heavy atom. The molecule has 2 heteroatoms. The Balaban J connectivity index is 0.000000405. The van der Waals surface area contributed by atoms with Gasteiger partial charge in [0.1, 0.15) is 0 Å². The van der Waals surface area contributed by atoms with Crippen LogP contribution in [0.5, 0.6) is 0 Å². The zero-order chi connectivity index (χ0) is 5.78. The summed E-state index contributed by atoms with van der Waals surface area (Å²) < 4.78 is 0. The van der Waals surface area contributed by atoms with Gasteiger partial charge in [0.15, 0.2) is 0 Å². The Hall–Kier alpha value is 1.06. The summed E-state index contributed by atoms with van der Waals surface area (Å²) in [5.41, 5.74) is 0.829. The van der Waals surface area contributed by atoms with E-state index in [1.807, 2.05) is 5.92 Å². The van der Waals surface area contributed by atoms with Gasteiger partial charge in [-0.15, -0.1) is 5.41 Å². The van der Waals surface area contributed by atoms with Gasteiger partial charge < -0.3 is 18.3 Å². The Morgan fingerprint density at radius 3 is 1.60 bits per heavy atom. The largest absolute Gasteiger partial charge is 2.00 e. The van der Waals surface area contributed by atoms with Crippen LogP contribution < -0.4 is 12.4 Å². The maximum Gasteiger partial charge on any atom is 2.00 e. The van der Waals surface area contributed by atoms with E-state index < -0.39 is 0 Å². The van der Waals surface area contributed by atoms with Gasteiger partial charge in [-0.05, 0) is 5.92 Å². The van der Waals surface area contributed by atoms with Gasteiger partial charge in [0.05, 0.1) is 0 Å². The molecule has 0 heterocycles. The quantitative estimate of drug-likeness (QED) is 0.349. The van der Waals surface area contributed by atoms with Crippen LogP contribution >= 0.6 is 0 Å². The summed E-state index contributed by atoms with van der Waals surface area (Å²) in [6, 6.07) is 0. The molecule has 0 atom stereocenters. The molecule has 0 saturated heterocycles. The van der Waals surface area contributed by atoms with Crippen LogP contribution in [0, 0.1) is 17.3 Å². The van der Waals surface area contributed by atoms with Crippen LogP contribution in [0.1, 0.15) is 33.1 Å². The van der Waals surface area contributed by atoms with Crippen LogP contribution in [-0.4, -0.2) is 23.1 Å². The van der Waals surface area contributed by atoms with E-state index in [4.69, 9.17) is 0 Å². The standard InChI is InChI=1S/C8H13.ClH.Mg/c1-6(2)8-3-7(4-8)5-8;;/h6H,3-5H2,1-2H3;1H;/q-1;;+2/p-1. The third kappa shape index (κ3) is 1.21. The van der Waals surface area contributed by atoms with Gasteiger partial charge in [-0.25, -0.2) is 0 Å². The first-order valence-electron chi connectivity index (χ1n) is 3.56. The van der Waals surface area contributed by atoms with Gasteiger partial charge in [0.25, 0.3) is 0 Å². The fraction of sp³-hybridized carbons (Fsp3) is 0.875. The minimum absolute atomic E-state index is 0. The smallest absolute Gasteiger partial charge is 1.00 e. The van der Waals surface area contributed by atoms with Crippen molar-refractivity contribution in [1.82, 2.24) is 0 Å². The molecule has 3 aliphatic carbocycles. The molecule has 0 aliphatic heterocycles. The molecule has 3 saturated carbocycles. The predicted octanol–water partition coefficient (Wildman–Crippen LogP) is -0.976. The van der Waals surface area contributed by atoms with Crippen LogP contribution in [0.3, 0.4) is 0 Å². The van der Waals surface area contributed by atoms with E-state index in [2.05, 4.69) is 13.8 Å². The van der Waals surface area contributed by atoms with Gasteiger partial charge in [-0.1, -0.05) is 13.8 Å². The van der Waals surface area contributed by atoms with Crippen LogP contribution in [0.4, 0.5) is 0 Å². The minimum Gasteiger partial charge on any atom is -1.00 e. The molecular formula is C8H13ClMg. The summed E-state index contributed by atoms with van der Waals surface area (Å²) in [5.74, 6) is 2.78. The summed E-state index contributed by atoms with van der Waals surface area (Å²) in [7, 11) is 0. The Morgan fingerprint density at radius 1 is 1.20 bits per heavy atom. The average Bonchev–Trinajstić information content (AvgIpc) is 1.16. The number of hydrogen-bond donors (Lipinski definition) is 0. The number of halogens is 1. The maximum absolute atomic E-state index is 2.36. The summed E-state index contributed by atoms with van der Waals surface area (Å²) in [4.78, 5) is 0. The van der Waals surface area contributed by atoms with Crippen LogP contribution in [-0.2, 0) is 0 Å². The fourth-order valence-corrected chi connectivity index (χ4v) is 1.95. The van der Waals surface area contributed by atoms with Crippen molar-refractivity contribution in [2.75, 3.05) is 0 Å². The molecule has 0 aromatic carbocycles. The third-order valence-electron chi connectivity index (χ3n) is 3.03. The molecular weight excluding hydrogens is 156 g/mol. The second-order valence-electron chi connectivity index (χ2n) is 3.80. The van der Waals surface area contributed by atoms with Crippen molar-refractivity contribution in [2.24, 2.45) is 11.3 Å². The summed E-state index contributed by atoms with van der Waals surface area (Å²) in [5, 5.41) is 0. The molecule has 3 fully saturated rings. The van der Waals surface area contributed by atoms with Gasteiger partial charge in [-0.2, -0.15) is 19.3 Å². The van der Waals surface area contributed by atoms with Crippen molar-refractivity contribution in [3.05, 3.63) is 5.92 Å². The van der Waals surface area contributed by atoms with E-state index in [1.165, 1.54) is 19.3 Å². The molecule has 0 aromatic rings. The second kappa shape index (κ2) is 3.20. The maximum atomic E-state index is 2.36. The molecule has 0 amide bonds. The molecule has 0 N–H and O–H groups in total. The monoisotopic (exact) mass is 168 g/mol. The van der Waals surface area contributed by atoms with E-state index in [0.29, 0.717) is 0 Å². The first-order valence-corrected chi connectivity index (χ1v) is 3.56. The normalized spacial score (nSPS) is 25.5. The van der Waals surface area contributed by atoms with Crippen molar-refractivity contribution in [3.63, 3.8) is 0 Å². The summed E-state index contributed by atoms with van der Waals surface area (Å²) >= 11 is 0. The molecule has 0 nitrogen and oxygen atoms in total. The van der Waals surface area contributed by atoms with Crippen LogP contribution in [0.25, 0.3) is 0 Å². The van der Waals surface area contributed by atoms with Crippen molar-refractivity contribution in [3.8, 4) is 0 Å². The molecule has 3 rings (SSSR count). The average molecular weight is 169 g/mol. The Labute approximate surface area is 85.7 Å². The minimum atomic E-state index is 0. The topological polar surface area (TPSA) is 0 Å². The Bertz CT molecular complexity index is 105. The number of hydrogen-bond acceptors (Lipinski definition) is 0. The first kappa shape index (κ1) is 11.1. The van der Waals surface area contributed by atoms with Crippen LogP contribution in [0.2, 0.25) is 0 Å². The second-order valence-corrected chi connectivity index (χ2v) is 3.80. The van der Waals surface area contributed by atoms with Gasteiger partial charge in [0, 0.05) is 0 Å². The number of rotatable bonds is 1. The van der Waals surface area contributed by atoms with Gasteiger partial charge in [0.2, 0.25) is 0 Å². The van der Waals surface area contributed by atoms with E-state index in [-0.39, 0.29) is 35.5 Å². The van der Waals surface area contributed by atoms with Gasteiger partial charge in [-0.3, -0.25) is 0 Å². The summed E-state index contributed by atoms with van der Waals surface area (Å²) in [6.45, 7) is 4.71. The predicted molar refractivity (Wildman–Crippen MR) is 40.1 cm³/mol. The molecule has 0 radical (unpaired) electrons. The fourth-order valence-electron chi connectivity index (χ4n) is 1.95. The molecule has 0 aromatic heterocycles. The molecule has 0 unspecified atom stereocenters. The molecule has 3 aliphatic rings. The van der Waals surface area contributed by atoms with E-state index in [0.717, 1.165) is 11.3 Å². The van der Waals surface area contributed by atoms with E-state index in [9.17, 15) is 0 Å². The zero-order valence-electron chi connectivity index (χ0n) is 6.78. The van der Waals surface area contributed by atoms with E-state index >= 15 is 0 Å².